The van der Waals surface area contributed by atoms with Gasteiger partial charge in [0.2, 0.25) is 0 Å². The summed E-state index contributed by atoms with van der Waals surface area (Å²) in [6.45, 7) is 1.57. The van der Waals surface area contributed by atoms with Crippen molar-refractivity contribution < 1.29 is 22.0 Å². The molecule has 21 heavy (non-hydrogen) atoms. The van der Waals surface area contributed by atoms with E-state index in [1.807, 2.05) is 0 Å². The van der Waals surface area contributed by atoms with Crippen molar-refractivity contribution in [2.75, 3.05) is 5.32 Å². The van der Waals surface area contributed by atoms with Gasteiger partial charge in [0, 0.05) is 5.56 Å². The van der Waals surface area contributed by atoms with Crippen LogP contribution in [0, 0.1) is 11.6 Å². The van der Waals surface area contributed by atoms with E-state index < -0.39 is 29.5 Å². The number of nitrogens with one attached hydrogen (secondary N) is 1. The Labute approximate surface area is 117 Å². The molecule has 0 aliphatic heterocycles. The van der Waals surface area contributed by atoms with Crippen molar-refractivity contribution in [1.29, 1.82) is 0 Å². The Hall–Kier alpha value is -2.18. The smallest absolute Gasteiger partial charge is 0.377 e. The second-order valence-corrected chi connectivity index (χ2v) is 4.44. The number of rotatable bonds is 3. The molecule has 0 amide bonds. The second kappa shape index (κ2) is 5.67. The minimum Gasteiger partial charge on any atom is -0.377 e. The number of pyridine rings is 1. The molecule has 1 heterocycles. The Balaban J connectivity index is 2.16. The molecular formula is C14H11F5N2. The molecule has 0 bridgehead atoms. The highest BCUT2D eigenvalue weighted by Gasteiger charge is 2.32. The Bertz CT molecular complexity index is 622. The largest absolute Gasteiger partial charge is 0.433 e. The normalized spacial score (nSPS) is 13.0. The van der Waals surface area contributed by atoms with Gasteiger partial charge in [-0.05, 0) is 25.1 Å². The predicted molar refractivity (Wildman–Crippen MR) is 67.6 cm³/mol. The Morgan fingerprint density at radius 2 is 1.81 bits per heavy atom. The summed E-state index contributed by atoms with van der Waals surface area (Å²) in [5, 5.41) is 2.77. The van der Waals surface area contributed by atoms with Gasteiger partial charge in [-0.25, -0.2) is 13.8 Å². The molecule has 0 aliphatic carbocycles. The molecule has 1 aromatic carbocycles. The topological polar surface area (TPSA) is 24.9 Å². The van der Waals surface area contributed by atoms with E-state index in [1.54, 1.807) is 6.92 Å². The van der Waals surface area contributed by atoms with E-state index >= 15 is 0 Å². The zero-order valence-electron chi connectivity index (χ0n) is 10.9. The lowest BCUT2D eigenvalue weighted by Crippen LogP contribution is -2.11. The zero-order valence-corrected chi connectivity index (χ0v) is 10.9. The molecule has 0 radical (unpaired) electrons. The molecule has 0 saturated carbocycles. The first-order chi connectivity index (χ1) is 9.79. The Morgan fingerprint density at radius 1 is 1.10 bits per heavy atom. The maximum Gasteiger partial charge on any atom is 0.433 e. The van der Waals surface area contributed by atoms with Crippen LogP contribution >= 0.6 is 0 Å². The molecule has 112 valence electrons. The fraction of sp³-hybridized carbons (Fsp3) is 0.214. The van der Waals surface area contributed by atoms with Gasteiger partial charge >= 0.3 is 6.18 Å². The van der Waals surface area contributed by atoms with Crippen molar-refractivity contribution in [2.45, 2.75) is 19.1 Å². The molecule has 0 spiro atoms. The van der Waals surface area contributed by atoms with E-state index in [1.165, 1.54) is 18.2 Å². The molecular weight excluding hydrogens is 291 g/mol. The third kappa shape index (κ3) is 3.48. The van der Waals surface area contributed by atoms with Crippen molar-refractivity contribution >= 4 is 5.69 Å². The fourth-order valence-corrected chi connectivity index (χ4v) is 1.83. The molecule has 0 fully saturated rings. The molecule has 7 heteroatoms. The number of benzene rings is 1. The summed E-state index contributed by atoms with van der Waals surface area (Å²) in [7, 11) is 0. The number of aromatic nitrogens is 1. The minimum atomic E-state index is -4.52. The molecule has 0 saturated heterocycles. The van der Waals surface area contributed by atoms with Crippen LogP contribution < -0.4 is 5.32 Å². The molecule has 2 nitrogen and oxygen atoms in total. The van der Waals surface area contributed by atoms with E-state index in [4.69, 9.17) is 0 Å². The minimum absolute atomic E-state index is 0.0786. The van der Waals surface area contributed by atoms with Crippen LogP contribution in [0.5, 0.6) is 0 Å². The quantitative estimate of drug-likeness (QED) is 0.841. The molecule has 1 unspecified atom stereocenters. The van der Waals surface area contributed by atoms with Crippen LogP contribution in [0.15, 0.2) is 36.5 Å². The lowest BCUT2D eigenvalue weighted by Gasteiger charge is -2.16. The number of alkyl halides is 3. The monoisotopic (exact) mass is 302 g/mol. The summed E-state index contributed by atoms with van der Waals surface area (Å²) in [6.07, 6.45) is -3.52. The van der Waals surface area contributed by atoms with Crippen molar-refractivity contribution in [3.05, 3.63) is 59.4 Å². The van der Waals surface area contributed by atoms with Gasteiger partial charge < -0.3 is 5.32 Å². The van der Waals surface area contributed by atoms with E-state index in [0.29, 0.717) is 0 Å². The van der Waals surface area contributed by atoms with Gasteiger partial charge in [-0.2, -0.15) is 13.2 Å². The van der Waals surface area contributed by atoms with Crippen LogP contribution in [0.2, 0.25) is 0 Å². The van der Waals surface area contributed by atoms with Gasteiger partial charge in [-0.15, -0.1) is 0 Å². The van der Waals surface area contributed by atoms with Gasteiger partial charge in [0.25, 0.3) is 0 Å². The maximum atomic E-state index is 13.6. The SMILES string of the molecule is CC(Nc1ccc(C(F)(F)F)nc1)c1cccc(F)c1F. The van der Waals surface area contributed by atoms with Gasteiger partial charge in [-0.3, -0.25) is 0 Å². The Kier molecular flexibility index (Phi) is 4.11. The molecule has 1 aromatic heterocycles. The van der Waals surface area contributed by atoms with Crippen LogP contribution in [0.4, 0.5) is 27.6 Å². The van der Waals surface area contributed by atoms with Gasteiger partial charge in [0.05, 0.1) is 17.9 Å². The van der Waals surface area contributed by atoms with E-state index in [9.17, 15) is 22.0 Å². The summed E-state index contributed by atoms with van der Waals surface area (Å²) >= 11 is 0. The van der Waals surface area contributed by atoms with Gasteiger partial charge in [0.1, 0.15) is 5.69 Å². The van der Waals surface area contributed by atoms with Crippen molar-refractivity contribution in [3.63, 3.8) is 0 Å². The highest BCUT2D eigenvalue weighted by atomic mass is 19.4. The lowest BCUT2D eigenvalue weighted by molar-refractivity contribution is -0.141. The summed E-state index contributed by atoms with van der Waals surface area (Å²) in [6, 6.07) is 5.12. The molecule has 0 aliphatic rings. The molecule has 1 N–H and O–H groups in total. The van der Waals surface area contributed by atoms with Crippen LogP contribution in [0.1, 0.15) is 24.2 Å². The number of nitrogens with zero attached hydrogens (tertiary/aromatic N) is 1. The van der Waals surface area contributed by atoms with Crippen LogP contribution in [-0.4, -0.2) is 4.98 Å². The van der Waals surface area contributed by atoms with Crippen LogP contribution in [0.25, 0.3) is 0 Å². The first kappa shape index (κ1) is 15.2. The third-order valence-corrected chi connectivity index (χ3v) is 2.89. The number of halogens is 5. The summed E-state index contributed by atoms with van der Waals surface area (Å²) in [5.41, 5.74) is -0.660. The highest BCUT2D eigenvalue weighted by Crippen LogP contribution is 2.29. The van der Waals surface area contributed by atoms with Gasteiger partial charge in [0.15, 0.2) is 11.6 Å². The standard InChI is InChI=1S/C14H11F5N2/c1-8(10-3-2-4-11(15)13(10)16)21-9-5-6-12(20-7-9)14(17,18)19/h2-8,21H,1H3. The van der Waals surface area contributed by atoms with E-state index in [-0.39, 0.29) is 11.3 Å². The average Bonchev–Trinajstić information content (AvgIpc) is 2.41. The maximum absolute atomic E-state index is 13.6. The van der Waals surface area contributed by atoms with Crippen molar-refractivity contribution in [2.24, 2.45) is 0 Å². The number of hydrogen-bond acceptors (Lipinski definition) is 2. The lowest BCUT2D eigenvalue weighted by atomic mass is 10.1. The van der Waals surface area contributed by atoms with Crippen LogP contribution in [0.3, 0.4) is 0 Å². The van der Waals surface area contributed by atoms with Crippen molar-refractivity contribution in [3.8, 4) is 0 Å². The van der Waals surface area contributed by atoms with Gasteiger partial charge in [-0.1, -0.05) is 12.1 Å². The fourth-order valence-electron chi connectivity index (χ4n) is 1.83. The number of hydrogen-bond donors (Lipinski definition) is 1. The zero-order chi connectivity index (χ0) is 15.6. The summed E-state index contributed by atoms with van der Waals surface area (Å²) < 4.78 is 63.8. The van der Waals surface area contributed by atoms with Crippen LogP contribution in [-0.2, 0) is 6.18 Å². The second-order valence-electron chi connectivity index (χ2n) is 4.44. The average molecular weight is 302 g/mol. The number of anilines is 1. The summed E-state index contributed by atoms with van der Waals surface area (Å²) in [4.78, 5) is 3.28. The molecule has 2 rings (SSSR count). The first-order valence-corrected chi connectivity index (χ1v) is 6.02. The highest BCUT2D eigenvalue weighted by molar-refractivity contribution is 5.44. The van der Waals surface area contributed by atoms with Crippen molar-refractivity contribution in [1.82, 2.24) is 4.98 Å². The first-order valence-electron chi connectivity index (χ1n) is 6.02. The predicted octanol–water partition coefficient (Wildman–Crippen LogP) is 4.55. The van der Waals surface area contributed by atoms with E-state index in [0.717, 1.165) is 18.3 Å². The van der Waals surface area contributed by atoms with E-state index in [2.05, 4.69) is 10.3 Å². The summed E-state index contributed by atoms with van der Waals surface area (Å²) in [5.74, 6) is -1.97. The third-order valence-electron chi connectivity index (χ3n) is 2.89. The molecule has 2 aromatic rings. The molecule has 1 atom stereocenters. The Morgan fingerprint density at radius 3 is 2.38 bits per heavy atom.